The van der Waals surface area contributed by atoms with E-state index in [9.17, 15) is 4.79 Å². The Balaban J connectivity index is 1.74. The number of hydrogen-bond acceptors (Lipinski definition) is 2. The van der Waals surface area contributed by atoms with E-state index < -0.39 is 0 Å². The van der Waals surface area contributed by atoms with Crippen molar-refractivity contribution < 1.29 is 4.79 Å². The summed E-state index contributed by atoms with van der Waals surface area (Å²) in [5.74, 6) is 2.30. The molecule has 18 heavy (non-hydrogen) atoms. The summed E-state index contributed by atoms with van der Waals surface area (Å²) in [7, 11) is 0. The van der Waals surface area contributed by atoms with Crippen LogP contribution >= 0.6 is 11.8 Å². The van der Waals surface area contributed by atoms with E-state index in [4.69, 9.17) is 0 Å². The lowest BCUT2D eigenvalue weighted by Crippen LogP contribution is -2.38. The van der Waals surface area contributed by atoms with Crippen molar-refractivity contribution in [2.75, 3.05) is 11.5 Å². The quantitative estimate of drug-likeness (QED) is 0.872. The molecule has 1 aliphatic heterocycles. The molecule has 0 aliphatic carbocycles. The molecule has 0 radical (unpaired) electrons. The van der Waals surface area contributed by atoms with Gasteiger partial charge in [-0.25, -0.2) is 0 Å². The smallest absolute Gasteiger partial charge is 0.251 e. The highest BCUT2D eigenvalue weighted by Crippen LogP contribution is 2.18. The van der Waals surface area contributed by atoms with Gasteiger partial charge in [0, 0.05) is 29.1 Å². The zero-order valence-corrected chi connectivity index (χ0v) is 10.9. The van der Waals surface area contributed by atoms with E-state index in [-0.39, 0.29) is 5.91 Å². The number of H-pyrrole nitrogens is 1. The molecule has 1 aliphatic rings. The molecule has 4 heteroatoms. The van der Waals surface area contributed by atoms with Crippen molar-refractivity contribution >= 4 is 28.6 Å². The SMILES string of the molecule is O=C(NC1CCCSC1)c1ccc2cc[nH]c2c1. The fourth-order valence-electron chi connectivity index (χ4n) is 2.31. The second-order valence-corrected chi connectivity index (χ2v) is 5.82. The predicted octanol–water partition coefficient (Wildman–Crippen LogP) is 2.79. The van der Waals surface area contributed by atoms with Gasteiger partial charge in [0.05, 0.1) is 0 Å². The first-order valence-electron chi connectivity index (χ1n) is 6.29. The van der Waals surface area contributed by atoms with E-state index in [1.165, 1.54) is 12.2 Å². The van der Waals surface area contributed by atoms with Crippen LogP contribution in [-0.2, 0) is 0 Å². The van der Waals surface area contributed by atoms with Crippen molar-refractivity contribution in [1.29, 1.82) is 0 Å². The minimum atomic E-state index is 0.0407. The summed E-state index contributed by atoms with van der Waals surface area (Å²) in [5.41, 5.74) is 1.75. The first kappa shape index (κ1) is 11.7. The molecule has 2 heterocycles. The van der Waals surface area contributed by atoms with Crippen molar-refractivity contribution in [2.24, 2.45) is 0 Å². The standard InChI is InChI=1S/C14H16N2OS/c17-14(16-12-2-1-7-18-9-12)11-4-3-10-5-6-15-13(10)8-11/h3-6,8,12,15H,1-2,7,9H2,(H,16,17). The summed E-state index contributed by atoms with van der Waals surface area (Å²) in [4.78, 5) is 15.3. The Kier molecular flexibility index (Phi) is 3.28. The van der Waals surface area contributed by atoms with Gasteiger partial charge in [-0.15, -0.1) is 0 Å². The molecule has 1 fully saturated rings. The zero-order chi connectivity index (χ0) is 12.4. The van der Waals surface area contributed by atoms with Gasteiger partial charge in [-0.3, -0.25) is 4.79 Å². The highest BCUT2D eigenvalue weighted by atomic mass is 32.2. The molecule has 2 N–H and O–H groups in total. The van der Waals surface area contributed by atoms with E-state index >= 15 is 0 Å². The van der Waals surface area contributed by atoms with Crippen LogP contribution in [0.1, 0.15) is 23.2 Å². The number of carbonyl (C=O) groups excluding carboxylic acids is 1. The number of benzene rings is 1. The monoisotopic (exact) mass is 260 g/mol. The van der Waals surface area contributed by atoms with Crippen LogP contribution in [-0.4, -0.2) is 28.4 Å². The van der Waals surface area contributed by atoms with Crippen molar-refractivity contribution in [3.05, 3.63) is 36.0 Å². The van der Waals surface area contributed by atoms with E-state index in [0.29, 0.717) is 6.04 Å². The molecule has 1 unspecified atom stereocenters. The van der Waals surface area contributed by atoms with Crippen LogP contribution in [0.25, 0.3) is 10.9 Å². The van der Waals surface area contributed by atoms with Gasteiger partial charge >= 0.3 is 0 Å². The average molecular weight is 260 g/mol. The number of amides is 1. The Morgan fingerprint density at radius 3 is 3.17 bits per heavy atom. The first-order valence-corrected chi connectivity index (χ1v) is 7.44. The highest BCUT2D eigenvalue weighted by molar-refractivity contribution is 7.99. The molecule has 3 rings (SSSR count). The van der Waals surface area contributed by atoms with E-state index in [1.54, 1.807) is 0 Å². The summed E-state index contributed by atoms with van der Waals surface area (Å²) in [6, 6.07) is 8.13. The van der Waals surface area contributed by atoms with Crippen LogP contribution in [0.4, 0.5) is 0 Å². The molecule has 1 aromatic heterocycles. The average Bonchev–Trinajstić information content (AvgIpc) is 2.87. The third-order valence-corrected chi connectivity index (χ3v) is 4.53. The van der Waals surface area contributed by atoms with E-state index in [1.807, 2.05) is 42.2 Å². The number of aromatic nitrogens is 1. The van der Waals surface area contributed by atoms with Crippen molar-refractivity contribution in [2.45, 2.75) is 18.9 Å². The van der Waals surface area contributed by atoms with E-state index in [2.05, 4.69) is 10.3 Å². The molecule has 2 aromatic rings. The normalized spacial score (nSPS) is 19.9. The molecule has 0 bridgehead atoms. The largest absolute Gasteiger partial charge is 0.361 e. The van der Waals surface area contributed by atoms with Gasteiger partial charge < -0.3 is 10.3 Å². The molecule has 0 saturated carbocycles. The van der Waals surface area contributed by atoms with Crippen LogP contribution in [0.5, 0.6) is 0 Å². The minimum absolute atomic E-state index is 0.0407. The fourth-order valence-corrected chi connectivity index (χ4v) is 3.38. The number of carbonyl (C=O) groups is 1. The van der Waals surface area contributed by atoms with Gasteiger partial charge in [0.1, 0.15) is 0 Å². The third kappa shape index (κ3) is 2.38. The molecule has 94 valence electrons. The third-order valence-electron chi connectivity index (χ3n) is 3.31. The maximum absolute atomic E-state index is 12.1. The maximum Gasteiger partial charge on any atom is 0.251 e. The Bertz CT molecular complexity index is 558. The van der Waals surface area contributed by atoms with Crippen molar-refractivity contribution in [3.63, 3.8) is 0 Å². The summed E-state index contributed by atoms with van der Waals surface area (Å²) in [6.07, 6.45) is 4.19. The molecular weight excluding hydrogens is 244 g/mol. The number of nitrogens with one attached hydrogen (secondary N) is 2. The highest BCUT2D eigenvalue weighted by Gasteiger charge is 2.17. The van der Waals surface area contributed by atoms with Crippen molar-refractivity contribution in [1.82, 2.24) is 10.3 Å². The minimum Gasteiger partial charge on any atom is -0.361 e. The number of fused-ring (bicyclic) bond motifs is 1. The first-order chi connectivity index (χ1) is 8.83. The Morgan fingerprint density at radius 2 is 2.33 bits per heavy atom. The fraction of sp³-hybridized carbons (Fsp3) is 0.357. The number of thioether (sulfide) groups is 1. The summed E-state index contributed by atoms with van der Waals surface area (Å²) in [5, 5.41) is 4.26. The molecule has 1 amide bonds. The van der Waals surface area contributed by atoms with Gasteiger partial charge in [0.2, 0.25) is 0 Å². The molecular formula is C14H16N2OS. The summed E-state index contributed by atoms with van der Waals surface area (Å²) >= 11 is 1.92. The van der Waals surface area contributed by atoms with Crippen LogP contribution in [0, 0.1) is 0 Å². The lowest BCUT2D eigenvalue weighted by atomic mass is 10.1. The predicted molar refractivity (Wildman–Crippen MR) is 76.1 cm³/mol. The Hall–Kier alpha value is -1.42. The second kappa shape index (κ2) is 5.06. The molecule has 1 saturated heterocycles. The summed E-state index contributed by atoms with van der Waals surface area (Å²) in [6.45, 7) is 0. The molecule has 1 aromatic carbocycles. The van der Waals surface area contributed by atoms with Gasteiger partial charge in [-0.2, -0.15) is 11.8 Å². The molecule has 0 spiro atoms. The van der Waals surface area contributed by atoms with Crippen LogP contribution in [0.15, 0.2) is 30.5 Å². The van der Waals surface area contributed by atoms with Crippen molar-refractivity contribution in [3.8, 4) is 0 Å². The summed E-state index contributed by atoms with van der Waals surface area (Å²) < 4.78 is 0. The molecule has 1 atom stereocenters. The Labute approximate surface area is 110 Å². The maximum atomic E-state index is 12.1. The van der Waals surface area contributed by atoms with Gasteiger partial charge in [-0.05, 0) is 42.2 Å². The number of hydrogen-bond donors (Lipinski definition) is 2. The lowest BCUT2D eigenvalue weighted by molar-refractivity contribution is 0.0939. The number of aromatic amines is 1. The number of rotatable bonds is 2. The second-order valence-electron chi connectivity index (χ2n) is 4.67. The Morgan fingerprint density at radius 1 is 1.39 bits per heavy atom. The lowest BCUT2D eigenvalue weighted by Gasteiger charge is -2.22. The van der Waals surface area contributed by atoms with Gasteiger partial charge in [-0.1, -0.05) is 6.07 Å². The van der Waals surface area contributed by atoms with E-state index in [0.717, 1.165) is 28.6 Å². The molecule has 3 nitrogen and oxygen atoms in total. The van der Waals surface area contributed by atoms with Crippen LogP contribution < -0.4 is 5.32 Å². The zero-order valence-electron chi connectivity index (χ0n) is 10.1. The van der Waals surface area contributed by atoms with Gasteiger partial charge in [0.15, 0.2) is 0 Å². The van der Waals surface area contributed by atoms with Crippen LogP contribution in [0.3, 0.4) is 0 Å². The topological polar surface area (TPSA) is 44.9 Å². The van der Waals surface area contributed by atoms with Gasteiger partial charge in [0.25, 0.3) is 5.91 Å². The van der Waals surface area contributed by atoms with Crippen LogP contribution in [0.2, 0.25) is 0 Å².